The first-order chi connectivity index (χ1) is 18.6. The van der Waals surface area contributed by atoms with Crippen LogP contribution in [0.2, 0.25) is 0 Å². The third-order valence-corrected chi connectivity index (χ3v) is 6.87. The zero-order valence-electron chi connectivity index (χ0n) is 23.9. The third-order valence-electron chi connectivity index (χ3n) is 6.87. The van der Waals surface area contributed by atoms with Gasteiger partial charge >= 0.3 is 5.97 Å². The van der Waals surface area contributed by atoms with Gasteiger partial charge in [0.05, 0.1) is 0 Å². The van der Waals surface area contributed by atoms with Crippen molar-refractivity contribution in [3.05, 3.63) is 83.0 Å². The monoisotopic (exact) mass is 532 g/mol. The molecule has 0 bridgehead atoms. The summed E-state index contributed by atoms with van der Waals surface area (Å²) in [5.74, 6) is 0.691. The standard InChI is InChI=1S/C34H44O5/c1-5-38-32(23-27-9-7-6-8-10-27)39-30-21-15-26(16-22-30)12-18-28(31(33(36)37)24-34(2,3)4)17-11-25-13-19-29(35)20-14-25/h11-22,27,32,35H,5-10,23-24H2,1-4H3,(H,36,37). The molecule has 0 aliphatic heterocycles. The Labute approximate surface area is 233 Å². The van der Waals surface area contributed by atoms with Gasteiger partial charge in [-0.2, -0.15) is 0 Å². The van der Waals surface area contributed by atoms with E-state index in [4.69, 9.17) is 9.47 Å². The average molecular weight is 533 g/mol. The molecule has 0 spiro atoms. The first-order valence-electron chi connectivity index (χ1n) is 14.1. The number of allylic oxidation sites excluding steroid dienone is 3. The van der Waals surface area contributed by atoms with Gasteiger partial charge in [0, 0.05) is 18.6 Å². The topological polar surface area (TPSA) is 76.0 Å². The Balaban J connectivity index is 1.79. The van der Waals surface area contributed by atoms with E-state index in [0.717, 1.165) is 23.3 Å². The second kappa shape index (κ2) is 14.7. The molecule has 0 saturated heterocycles. The van der Waals surface area contributed by atoms with Crippen LogP contribution in [0.3, 0.4) is 0 Å². The summed E-state index contributed by atoms with van der Waals surface area (Å²) in [6.07, 6.45) is 15.0. The molecular weight excluding hydrogens is 488 g/mol. The van der Waals surface area contributed by atoms with Gasteiger partial charge < -0.3 is 19.7 Å². The first-order valence-corrected chi connectivity index (χ1v) is 14.1. The van der Waals surface area contributed by atoms with E-state index in [1.807, 2.05) is 76.3 Å². The minimum absolute atomic E-state index is 0.188. The van der Waals surface area contributed by atoms with Crippen LogP contribution in [-0.2, 0) is 9.53 Å². The lowest BCUT2D eigenvalue weighted by Crippen LogP contribution is -2.25. The quantitative estimate of drug-likeness (QED) is 0.162. The van der Waals surface area contributed by atoms with Gasteiger partial charge in [-0.25, -0.2) is 4.79 Å². The van der Waals surface area contributed by atoms with Gasteiger partial charge in [-0.3, -0.25) is 0 Å². The number of carboxylic acids is 1. The molecule has 39 heavy (non-hydrogen) atoms. The Bertz CT molecular complexity index is 1130. The van der Waals surface area contributed by atoms with Crippen LogP contribution in [-0.4, -0.2) is 29.1 Å². The number of ether oxygens (including phenoxy) is 2. The lowest BCUT2D eigenvalue weighted by atomic mass is 9.85. The van der Waals surface area contributed by atoms with Crippen molar-refractivity contribution in [3.8, 4) is 11.5 Å². The smallest absolute Gasteiger partial charge is 0.332 e. The van der Waals surface area contributed by atoms with E-state index in [0.29, 0.717) is 30.1 Å². The van der Waals surface area contributed by atoms with E-state index in [9.17, 15) is 15.0 Å². The van der Waals surface area contributed by atoms with Crippen LogP contribution in [0, 0.1) is 11.3 Å². The SMILES string of the molecule is CCOC(CC1CCCCC1)Oc1ccc(C=CC(C=Cc2ccc(O)cc2)=C(CC(C)(C)C)C(=O)O)cc1. The molecule has 1 aliphatic rings. The highest BCUT2D eigenvalue weighted by atomic mass is 16.7. The van der Waals surface area contributed by atoms with Gasteiger partial charge in [0.25, 0.3) is 0 Å². The molecule has 1 unspecified atom stereocenters. The lowest BCUT2D eigenvalue weighted by Gasteiger charge is -2.26. The van der Waals surface area contributed by atoms with Crippen LogP contribution < -0.4 is 4.74 Å². The van der Waals surface area contributed by atoms with Crippen LogP contribution >= 0.6 is 0 Å². The third kappa shape index (κ3) is 10.8. The summed E-state index contributed by atoms with van der Waals surface area (Å²) >= 11 is 0. The fraction of sp³-hybridized carbons (Fsp3) is 0.441. The fourth-order valence-electron chi connectivity index (χ4n) is 4.89. The number of carbonyl (C=O) groups is 1. The summed E-state index contributed by atoms with van der Waals surface area (Å²) in [4.78, 5) is 12.2. The second-order valence-electron chi connectivity index (χ2n) is 11.5. The van der Waals surface area contributed by atoms with Crippen molar-refractivity contribution in [3.63, 3.8) is 0 Å². The number of phenols is 1. The van der Waals surface area contributed by atoms with E-state index >= 15 is 0 Å². The number of carboxylic acid groups (broad SMARTS) is 1. The van der Waals surface area contributed by atoms with Gasteiger partial charge in [0.2, 0.25) is 0 Å². The summed E-state index contributed by atoms with van der Waals surface area (Å²) in [7, 11) is 0. The lowest BCUT2D eigenvalue weighted by molar-refractivity contribution is -0.133. The minimum Gasteiger partial charge on any atom is -0.508 e. The summed E-state index contributed by atoms with van der Waals surface area (Å²) in [6, 6.07) is 14.6. The van der Waals surface area contributed by atoms with Gasteiger partial charge in [0.15, 0.2) is 6.29 Å². The summed E-state index contributed by atoms with van der Waals surface area (Å²) in [6.45, 7) is 8.71. The summed E-state index contributed by atoms with van der Waals surface area (Å²) < 4.78 is 12.1. The molecular formula is C34H44O5. The van der Waals surface area contributed by atoms with Crippen molar-refractivity contribution >= 4 is 18.1 Å². The van der Waals surface area contributed by atoms with Crippen LogP contribution in [0.4, 0.5) is 0 Å². The van der Waals surface area contributed by atoms with Gasteiger partial charge in [-0.15, -0.1) is 0 Å². The van der Waals surface area contributed by atoms with E-state index in [2.05, 4.69) is 0 Å². The van der Waals surface area contributed by atoms with Crippen molar-refractivity contribution < 1.29 is 24.5 Å². The van der Waals surface area contributed by atoms with Crippen LogP contribution in [0.15, 0.2) is 71.8 Å². The van der Waals surface area contributed by atoms with Gasteiger partial charge in [-0.1, -0.05) is 101 Å². The molecule has 1 fully saturated rings. The predicted molar refractivity (Wildman–Crippen MR) is 159 cm³/mol. The molecule has 5 heteroatoms. The predicted octanol–water partition coefficient (Wildman–Crippen LogP) is 8.65. The Morgan fingerprint density at radius 3 is 2.03 bits per heavy atom. The van der Waals surface area contributed by atoms with Crippen LogP contribution in [0.5, 0.6) is 11.5 Å². The Kier molecular flexibility index (Phi) is 11.4. The zero-order valence-corrected chi connectivity index (χ0v) is 23.9. The Morgan fingerprint density at radius 1 is 0.949 bits per heavy atom. The van der Waals surface area contributed by atoms with Crippen molar-refractivity contribution in [2.75, 3.05) is 6.61 Å². The molecule has 3 rings (SSSR count). The molecule has 1 aliphatic carbocycles. The fourth-order valence-corrected chi connectivity index (χ4v) is 4.89. The van der Waals surface area contributed by atoms with E-state index in [1.165, 1.54) is 32.1 Å². The molecule has 2 aromatic rings. The van der Waals surface area contributed by atoms with Gasteiger partial charge in [0.1, 0.15) is 11.5 Å². The highest BCUT2D eigenvalue weighted by Crippen LogP contribution is 2.30. The number of hydrogen-bond donors (Lipinski definition) is 2. The highest BCUT2D eigenvalue weighted by molar-refractivity contribution is 5.90. The summed E-state index contributed by atoms with van der Waals surface area (Å²) in [5, 5.41) is 19.6. The number of phenolic OH excluding ortho intramolecular Hbond substituents is 1. The van der Waals surface area contributed by atoms with E-state index in [-0.39, 0.29) is 17.5 Å². The van der Waals surface area contributed by atoms with Crippen LogP contribution in [0.25, 0.3) is 12.2 Å². The van der Waals surface area contributed by atoms with E-state index < -0.39 is 5.97 Å². The molecule has 1 saturated carbocycles. The maximum absolute atomic E-state index is 12.2. The van der Waals surface area contributed by atoms with E-state index in [1.54, 1.807) is 24.3 Å². The first kappa shape index (κ1) is 30.2. The largest absolute Gasteiger partial charge is 0.508 e. The number of hydrogen-bond acceptors (Lipinski definition) is 4. The molecule has 0 aromatic heterocycles. The molecule has 2 N–H and O–H groups in total. The van der Waals surface area contributed by atoms with Crippen molar-refractivity contribution in [2.45, 2.75) is 78.9 Å². The number of benzene rings is 2. The summed E-state index contributed by atoms with van der Waals surface area (Å²) in [5.41, 5.74) is 2.62. The minimum atomic E-state index is -0.927. The molecule has 0 heterocycles. The molecule has 1 atom stereocenters. The number of aromatic hydroxyl groups is 1. The normalized spacial score (nSPS) is 16.4. The molecule has 5 nitrogen and oxygen atoms in total. The second-order valence-corrected chi connectivity index (χ2v) is 11.5. The average Bonchev–Trinajstić information content (AvgIpc) is 2.89. The Hall–Kier alpha value is -3.31. The number of rotatable bonds is 12. The van der Waals surface area contributed by atoms with Crippen molar-refractivity contribution in [1.29, 1.82) is 0 Å². The molecule has 210 valence electrons. The molecule has 2 aromatic carbocycles. The maximum atomic E-state index is 12.2. The maximum Gasteiger partial charge on any atom is 0.332 e. The number of aliphatic carboxylic acids is 1. The van der Waals surface area contributed by atoms with Gasteiger partial charge in [-0.05, 0) is 65.6 Å². The Morgan fingerprint density at radius 2 is 1.51 bits per heavy atom. The van der Waals surface area contributed by atoms with Crippen LogP contribution in [0.1, 0.15) is 83.8 Å². The highest BCUT2D eigenvalue weighted by Gasteiger charge is 2.21. The van der Waals surface area contributed by atoms with Crippen molar-refractivity contribution in [2.24, 2.45) is 11.3 Å². The molecule has 0 radical (unpaired) electrons. The molecule has 0 amide bonds. The van der Waals surface area contributed by atoms with Crippen molar-refractivity contribution in [1.82, 2.24) is 0 Å². The zero-order chi connectivity index (χ0) is 28.3.